The van der Waals surface area contributed by atoms with E-state index in [0.29, 0.717) is 23.4 Å². The van der Waals surface area contributed by atoms with Gasteiger partial charge < -0.3 is 8.83 Å². The Balaban J connectivity index is 1.19. The normalized spacial score (nSPS) is 11.8. The Morgan fingerprint density at radius 1 is 0.375 bits per heavy atom. The third kappa shape index (κ3) is 4.27. The van der Waals surface area contributed by atoms with Crippen molar-refractivity contribution in [2.45, 2.75) is 0 Å². The van der Waals surface area contributed by atoms with Gasteiger partial charge in [0.25, 0.3) is 0 Å². The van der Waals surface area contributed by atoms with Gasteiger partial charge in [-0.05, 0) is 64.7 Å². The smallest absolute Gasteiger partial charge is 0.227 e. The molecule has 0 bridgehead atoms. The third-order valence-corrected chi connectivity index (χ3v) is 8.94. The molecule has 0 spiro atoms. The van der Waals surface area contributed by atoms with Crippen LogP contribution in [-0.2, 0) is 0 Å². The standard InChI is InChI=1S/C42H24N4O2/c1-3-9-27(10-4-1)39-44-40(46-41(45-39)30-20-22-36-33(24-30)31-13-7-8-14-35(31)47-36)29-18-16-25-15-17-26-19-21-34-38(37(26)32(25)23-29)48-42(43-34)28-11-5-2-6-12-28/h1-24H. The van der Waals surface area contributed by atoms with Crippen LogP contribution in [0.5, 0.6) is 0 Å². The first kappa shape index (κ1) is 26.5. The molecule has 0 unspecified atom stereocenters. The van der Waals surface area contributed by atoms with E-state index in [1.807, 2.05) is 97.1 Å². The van der Waals surface area contributed by atoms with E-state index >= 15 is 0 Å². The molecule has 0 aliphatic heterocycles. The first-order valence-electron chi connectivity index (χ1n) is 15.8. The van der Waals surface area contributed by atoms with Crippen molar-refractivity contribution in [2.24, 2.45) is 0 Å². The summed E-state index contributed by atoms with van der Waals surface area (Å²) in [5, 5.41) is 6.30. The van der Waals surface area contributed by atoms with E-state index in [2.05, 4.69) is 48.5 Å². The number of fused-ring (bicyclic) bond motifs is 8. The zero-order chi connectivity index (χ0) is 31.6. The SMILES string of the molecule is c1ccc(-c2nc(-c3ccc4oc5ccccc5c4c3)nc(-c3ccc4ccc5ccc6nc(-c7ccccc7)oc6c5c4c3)n2)cc1. The van der Waals surface area contributed by atoms with Crippen molar-refractivity contribution in [3.8, 4) is 45.6 Å². The van der Waals surface area contributed by atoms with Crippen LogP contribution in [-0.4, -0.2) is 19.9 Å². The van der Waals surface area contributed by atoms with Gasteiger partial charge in [0.15, 0.2) is 23.1 Å². The Hall–Kier alpha value is -6.66. The molecule has 6 heteroatoms. The summed E-state index contributed by atoms with van der Waals surface area (Å²) in [6, 6.07) is 49.0. The molecule has 0 aliphatic rings. The second-order valence-corrected chi connectivity index (χ2v) is 11.9. The molecular formula is C42H24N4O2. The number of oxazole rings is 1. The number of furan rings is 1. The van der Waals surface area contributed by atoms with E-state index in [4.69, 9.17) is 28.8 Å². The number of nitrogens with zero attached hydrogens (tertiary/aromatic N) is 4. The average molecular weight is 617 g/mol. The van der Waals surface area contributed by atoms with Crippen LogP contribution >= 0.6 is 0 Å². The minimum Gasteiger partial charge on any atom is -0.456 e. The van der Waals surface area contributed by atoms with Gasteiger partial charge in [-0.3, -0.25) is 0 Å². The fourth-order valence-corrected chi connectivity index (χ4v) is 6.58. The third-order valence-electron chi connectivity index (χ3n) is 8.94. The largest absolute Gasteiger partial charge is 0.456 e. The fourth-order valence-electron chi connectivity index (χ4n) is 6.58. The lowest BCUT2D eigenvalue weighted by atomic mass is 9.99. The topological polar surface area (TPSA) is 77.8 Å². The zero-order valence-electron chi connectivity index (χ0n) is 25.5. The zero-order valence-corrected chi connectivity index (χ0v) is 25.5. The van der Waals surface area contributed by atoms with Crippen LogP contribution in [0.4, 0.5) is 0 Å². The van der Waals surface area contributed by atoms with Gasteiger partial charge in [0.1, 0.15) is 16.7 Å². The van der Waals surface area contributed by atoms with Crippen LogP contribution in [0.2, 0.25) is 0 Å². The first-order valence-corrected chi connectivity index (χ1v) is 15.8. The molecule has 0 amide bonds. The van der Waals surface area contributed by atoms with E-state index in [9.17, 15) is 0 Å². The minimum absolute atomic E-state index is 0.588. The van der Waals surface area contributed by atoms with Crippen molar-refractivity contribution < 1.29 is 8.83 Å². The molecule has 0 saturated heterocycles. The highest BCUT2D eigenvalue weighted by Gasteiger charge is 2.17. The maximum absolute atomic E-state index is 6.47. The summed E-state index contributed by atoms with van der Waals surface area (Å²) in [5.74, 6) is 2.39. The minimum atomic E-state index is 0.588. The highest BCUT2D eigenvalue weighted by atomic mass is 16.3. The van der Waals surface area contributed by atoms with Gasteiger partial charge >= 0.3 is 0 Å². The summed E-state index contributed by atoms with van der Waals surface area (Å²) in [5.41, 5.74) is 6.88. The van der Waals surface area contributed by atoms with Crippen LogP contribution in [0.1, 0.15) is 0 Å². The van der Waals surface area contributed by atoms with Crippen molar-refractivity contribution in [3.63, 3.8) is 0 Å². The first-order chi connectivity index (χ1) is 23.7. The number of benzene rings is 7. The molecule has 6 nitrogen and oxygen atoms in total. The summed E-state index contributed by atoms with van der Waals surface area (Å²) < 4.78 is 12.6. The van der Waals surface area contributed by atoms with Gasteiger partial charge in [-0.15, -0.1) is 0 Å². The Kier molecular flexibility index (Phi) is 5.77. The molecule has 10 aromatic rings. The van der Waals surface area contributed by atoms with Crippen molar-refractivity contribution in [3.05, 3.63) is 146 Å². The Morgan fingerprint density at radius 3 is 1.75 bits per heavy atom. The van der Waals surface area contributed by atoms with Gasteiger partial charge in [-0.25, -0.2) is 19.9 Å². The average Bonchev–Trinajstić information content (AvgIpc) is 3.77. The monoisotopic (exact) mass is 616 g/mol. The summed E-state index contributed by atoms with van der Waals surface area (Å²) in [6.45, 7) is 0. The van der Waals surface area contributed by atoms with Crippen molar-refractivity contribution in [2.75, 3.05) is 0 Å². The van der Waals surface area contributed by atoms with E-state index in [1.165, 1.54) is 0 Å². The molecule has 7 aromatic carbocycles. The maximum atomic E-state index is 6.47. The Morgan fingerprint density at radius 2 is 0.958 bits per heavy atom. The van der Waals surface area contributed by atoms with Crippen LogP contribution < -0.4 is 0 Å². The number of hydrogen-bond acceptors (Lipinski definition) is 6. The second kappa shape index (κ2) is 10.4. The molecule has 0 atom stereocenters. The summed E-state index contributed by atoms with van der Waals surface area (Å²) >= 11 is 0. The van der Waals surface area contributed by atoms with E-state index in [-0.39, 0.29) is 0 Å². The van der Waals surface area contributed by atoms with Gasteiger partial charge in [-0.1, -0.05) is 97.1 Å². The fraction of sp³-hybridized carbons (Fsp3) is 0. The highest BCUT2D eigenvalue weighted by Crippen LogP contribution is 2.37. The van der Waals surface area contributed by atoms with Gasteiger partial charge in [0, 0.05) is 38.4 Å². The van der Waals surface area contributed by atoms with Crippen LogP contribution in [0.3, 0.4) is 0 Å². The molecule has 0 aliphatic carbocycles. The van der Waals surface area contributed by atoms with Crippen LogP contribution in [0.25, 0.3) is 100 Å². The summed E-state index contributed by atoms with van der Waals surface area (Å²) in [7, 11) is 0. The predicted octanol–water partition coefficient (Wildman–Crippen LogP) is 10.9. The van der Waals surface area contributed by atoms with Crippen LogP contribution in [0, 0.1) is 0 Å². The van der Waals surface area contributed by atoms with E-state index in [0.717, 1.165) is 76.8 Å². The lowest BCUT2D eigenvalue weighted by molar-refractivity contribution is 0.623. The van der Waals surface area contributed by atoms with Crippen LogP contribution in [0.15, 0.2) is 154 Å². The molecule has 0 radical (unpaired) electrons. The molecule has 3 aromatic heterocycles. The lowest BCUT2D eigenvalue weighted by Crippen LogP contribution is -2.00. The van der Waals surface area contributed by atoms with Crippen molar-refractivity contribution >= 4 is 54.6 Å². The predicted molar refractivity (Wildman–Crippen MR) is 191 cm³/mol. The molecule has 0 fully saturated rings. The van der Waals surface area contributed by atoms with Gasteiger partial charge in [0.2, 0.25) is 5.89 Å². The van der Waals surface area contributed by atoms with E-state index in [1.54, 1.807) is 0 Å². The number of para-hydroxylation sites is 1. The molecule has 48 heavy (non-hydrogen) atoms. The molecule has 0 saturated carbocycles. The lowest BCUT2D eigenvalue weighted by Gasteiger charge is -2.10. The number of rotatable bonds is 4. The molecule has 0 N–H and O–H groups in total. The van der Waals surface area contributed by atoms with Crippen molar-refractivity contribution in [1.29, 1.82) is 0 Å². The molecule has 224 valence electrons. The Labute approximate surface area is 274 Å². The quantitative estimate of drug-likeness (QED) is 0.183. The molecule has 10 rings (SSSR count). The number of hydrogen-bond donors (Lipinski definition) is 0. The molecular weight excluding hydrogens is 592 g/mol. The Bertz CT molecular complexity index is 2840. The second-order valence-electron chi connectivity index (χ2n) is 11.9. The highest BCUT2D eigenvalue weighted by molar-refractivity contribution is 6.18. The summed E-state index contributed by atoms with van der Waals surface area (Å²) in [4.78, 5) is 19.9. The number of aromatic nitrogens is 4. The van der Waals surface area contributed by atoms with Gasteiger partial charge in [0.05, 0.1) is 0 Å². The van der Waals surface area contributed by atoms with Crippen molar-refractivity contribution in [1.82, 2.24) is 19.9 Å². The molecule has 3 heterocycles. The summed E-state index contributed by atoms with van der Waals surface area (Å²) in [6.07, 6.45) is 0. The van der Waals surface area contributed by atoms with Gasteiger partial charge in [-0.2, -0.15) is 0 Å². The maximum Gasteiger partial charge on any atom is 0.227 e. The van der Waals surface area contributed by atoms with E-state index < -0.39 is 0 Å².